The van der Waals surface area contributed by atoms with E-state index in [1.54, 1.807) is 14.2 Å². The average Bonchev–Trinajstić information content (AvgIpc) is 2.44. The summed E-state index contributed by atoms with van der Waals surface area (Å²) < 4.78 is 10.5. The molecule has 1 rings (SSSR count). The number of ether oxygens (including phenoxy) is 2. The highest BCUT2D eigenvalue weighted by molar-refractivity contribution is 7.98. The quantitative estimate of drug-likeness (QED) is 0.795. The Balaban J connectivity index is 2.79. The molecule has 0 aromatic heterocycles. The third-order valence-corrected chi connectivity index (χ3v) is 4.16. The molecule has 0 aliphatic rings. The Hall–Kier alpha value is -0.580. The summed E-state index contributed by atoms with van der Waals surface area (Å²) in [7, 11) is 3.21. The van der Waals surface area contributed by atoms with Crippen molar-refractivity contribution in [3.8, 4) is 11.5 Å². The van der Waals surface area contributed by atoms with Crippen LogP contribution in [0.3, 0.4) is 0 Å². The zero-order valence-electron chi connectivity index (χ0n) is 12.0. The molecule has 108 valence electrons. The minimum atomic E-state index is 0.499. The molecule has 1 atom stereocenters. The molecule has 3 nitrogen and oxygen atoms in total. The Morgan fingerprint density at radius 2 is 2.05 bits per heavy atom. The van der Waals surface area contributed by atoms with Crippen molar-refractivity contribution in [2.24, 2.45) is 0 Å². The van der Waals surface area contributed by atoms with Crippen molar-refractivity contribution in [1.82, 2.24) is 5.32 Å². The van der Waals surface area contributed by atoms with Gasteiger partial charge in [-0.2, -0.15) is 11.8 Å². The minimum absolute atomic E-state index is 0.499. The van der Waals surface area contributed by atoms with Gasteiger partial charge in [0.2, 0.25) is 0 Å². The molecule has 0 aliphatic heterocycles. The van der Waals surface area contributed by atoms with Gasteiger partial charge in [0.1, 0.15) is 0 Å². The predicted molar refractivity (Wildman–Crippen MR) is 83.9 cm³/mol. The van der Waals surface area contributed by atoms with Gasteiger partial charge < -0.3 is 14.8 Å². The molecule has 0 spiro atoms. The highest BCUT2D eigenvalue weighted by atomic mass is 35.5. The van der Waals surface area contributed by atoms with Gasteiger partial charge in [0, 0.05) is 18.3 Å². The number of hydrogen-bond acceptors (Lipinski definition) is 4. The zero-order valence-corrected chi connectivity index (χ0v) is 13.5. The topological polar surface area (TPSA) is 30.5 Å². The highest BCUT2D eigenvalue weighted by Gasteiger charge is 2.14. The summed E-state index contributed by atoms with van der Waals surface area (Å²) in [4.78, 5) is 0. The van der Waals surface area contributed by atoms with Gasteiger partial charge in [0.05, 0.1) is 19.2 Å². The molecule has 0 fully saturated rings. The van der Waals surface area contributed by atoms with Crippen LogP contribution in [0.1, 0.15) is 18.9 Å². The van der Waals surface area contributed by atoms with Gasteiger partial charge >= 0.3 is 0 Å². The Kier molecular flexibility index (Phi) is 7.42. The van der Waals surface area contributed by atoms with E-state index in [0.717, 1.165) is 24.3 Å². The third kappa shape index (κ3) is 4.48. The van der Waals surface area contributed by atoms with Crippen molar-refractivity contribution in [3.63, 3.8) is 0 Å². The maximum absolute atomic E-state index is 6.35. The summed E-state index contributed by atoms with van der Waals surface area (Å²) in [5, 5.41) is 4.13. The van der Waals surface area contributed by atoms with E-state index in [0.29, 0.717) is 22.6 Å². The molecule has 1 unspecified atom stereocenters. The smallest absolute Gasteiger partial charge is 0.179 e. The van der Waals surface area contributed by atoms with Crippen molar-refractivity contribution >= 4 is 23.4 Å². The minimum Gasteiger partial charge on any atom is -0.493 e. The highest BCUT2D eigenvalue weighted by Crippen LogP contribution is 2.37. The second-order valence-corrected chi connectivity index (χ2v) is 5.50. The second-order valence-electron chi connectivity index (χ2n) is 4.22. The largest absolute Gasteiger partial charge is 0.493 e. The Bertz CT molecular complexity index is 401. The first-order valence-electron chi connectivity index (χ1n) is 6.29. The first kappa shape index (κ1) is 16.5. The number of methoxy groups -OCH3 is 2. The SMILES string of the molecule is CCC(CSC)NCc1ccc(OC)c(OC)c1Cl. The van der Waals surface area contributed by atoms with E-state index in [-0.39, 0.29) is 0 Å². The van der Waals surface area contributed by atoms with Gasteiger partial charge in [-0.15, -0.1) is 0 Å². The van der Waals surface area contributed by atoms with Crippen LogP contribution in [0.2, 0.25) is 5.02 Å². The van der Waals surface area contributed by atoms with Crippen LogP contribution < -0.4 is 14.8 Å². The Labute approximate surface area is 125 Å². The van der Waals surface area contributed by atoms with E-state index in [1.165, 1.54) is 0 Å². The van der Waals surface area contributed by atoms with E-state index in [9.17, 15) is 0 Å². The van der Waals surface area contributed by atoms with Gasteiger partial charge in [-0.25, -0.2) is 0 Å². The summed E-state index contributed by atoms with van der Waals surface area (Å²) in [6.07, 6.45) is 3.22. The molecule has 0 saturated carbocycles. The molecular formula is C14H22ClNO2S. The van der Waals surface area contributed by atoms with Gasteiger partial charge in [-0.05, 0) is 24.3 Å². The molecule has 0 radical (unpaired) electrons. The van der Waals surface area contributed by atoms with E-state index in [1.807, 2.05) is 23.9 Å². The van der Waals surface area contributed by atoms with Crippen LogP contribution in [-0.4, -0.2) is 32.3 Å². The van der Waals surface area contributed by atoms with Crippen LogP contribution in [-0.2, 0) is 6.54 Å². The van der Waals surface area contributed by atoms with Crippen molar-refractivity contribution in [3.05, 3.63) is 22.7 Å². The molecule has 1 aromatic carbocycles. The maximum Gasteiger partial charge on any atom is 0.179 e. The number of rotatable bonds is 8. The summed E-state index contributed by atoms with van der Waals surface area (Å²) >= 11 is 8.19. The first-order chi connectivity index (χ1) is 9.17. The lowest BCUT2D eigenvalue weighted by atomic mass is 10.1. The predicted octanol–water partition coefficient (Wildman–Crippen LogP) is 3.59. The van der Waals surface area contributed by atoms with Crippen LogP contribution in [0.4, 0.5) is 0 Å². The molecule has 1 aromatic rings. The van der Waals surface area contributed by atoms with Crippen molar-refractivity contribution in [2.45, 2.75) is 25.9 Å². The normalized spacial score (nSPS) is 12.3. The molecule has 5 heteroatoms. The lowest BCUT2D eigenvalue weighted by molar-refractivity contribution is 0.354. The van der Waals surface area contributed by atoms with E-state index >= 15 is 0 Å². The number of hydrogen-bond donors (Lipinski definition) is 1. The van der Waals surface area contributed by atoms with Crippen LogP contribution >= 0.6 is 23.4 Å². The lowest BCUT2D eigenvalue weighted by Gasteiger charge is -2.18. The molecule has 19 heavy (non-hydrogen) atoms. The molecule has 0 aliphatic carbocycles. The fourth-order valence-corrected chi connectivity index (χ4v) is 2.90. The summed E-state index contributed by atoms with van der Waals surface area (Å²) in [6, 6.07) is 4.36. The standard InChI is InChI=1S/C14H22ClNO2S/c1-5-11(9-19-4)16-8-10-6-7-12(17-2)14(18-3)13(10)15/h6-7,11,16H,5,8-9H2,1-4H3. The van der Waals surface area contributed by atoms with Crippen LogP contribution in [0.15, 0.2) is 12.1 Å². The van der Waals surface area contributed by atoms with E-state index in [4.69, 9.17) is 21.1 Å². The number of halogens is 1. The maximum atomic E-state index is 6.35. The number of nitrogens with one attached hydrogen (secondary N) is 1. The van der Waals surface area contributed by atoms with Gasteiger partial charge in [-0.3, -0.25) is 0 Å². The summed E-state index contributed by atoms with van der Waals surface area (Å²) in [6.45, 7) is 2.92. The average molecular weight is 304 g/mol. The Morgan fingerprint density at radius 1 is 1.32 bits per heavy atom. The van der Waals surface area contributed by atoms with Crippen molar-refractivity contribution in [1.29, 1.82) is 0 Å². The van der Waals surface area contributed by atoms with Crippen molar-refractivity contribution in [2.75, 3.05) is 26.2 Å². The Morgan fingerprint density at radius 3 is 2.58 bits per heavy atom. The molecule has 0 saturated heterocycles. The first-order valence-corrected chi connectivity index (χ1v) is 8.06. The van der Waals surface area contributed by atoms with Crippen molar-refractivity contribution < 1.29 is 9.47 Å². The van der Waals surface area contributed by atoms with E-state index < -0.39 is 0 Å². The van der Waals surface area contributed by atoms with Gasteiger partial charge in [-0.1, -0.05) is 24.6 Å². The number of benzene rings is 1. The molecule has 0 amide bonds. The zero-order chi connectivity index (χ0) is 14.3. The van der Waals surface area contributed by atoms with Crippen LogP contribution in [0.5, 0.6) is 11.5 Å². The third-order valence-electron chi connectivity index (χ3n) is 3.01. The summed E-state index contributed by atoms with van der Waals surface area (Å²) in [5.74, 6) is 2.36. The van der Waals surface area contributed by atoms with Crippen LogP contribution in [0.25, 0.3) is 0 Å². The molecule has 1 N–H and O–H groups in total. The van der Waals surface area contributed by atoms with Crippen LogP contribution in [0, 0.1) is 0 Å². The molecular weight excluding hydrogens is 282 g/mol. The fraction of sp³-hybridized carbons (Fsp3) is 0.571. The second kappa shape index (κ2) is 8.56. The fourth-order valence-electron chi connectivity index (χ4n) is 1.84. The van der Waals surface area contributed by atoms with Gasteiger partial charge in [0.15, 0.2) is 11.5 Å². The van der Waals surface area contributed by atoms with Gasteiger partial charge in [0.25, 0.3) is 0 Å². The number of thioether (sulfide) groups is 1. The van der Waals surface area contributed by atoms with E-state index in [2.05, 4.69) is 18.5 Å². The lowest BCUT2D eigenvalue weighted by Crippen LogP contribution is -2.30. The monoisotopic (exact) mass is 303 g/mol. The molecule has 0 bridgehead atoms. The molecule has 0 heterocycles. The summed E-state index contributed by atoms with van der Waals surface area (Å²) in [5.41, 5.74) is 1.03.